The van der Waals surface area contributed by atoms with Crippen LogP contribution in [-0.4, -0.2) is 33.4 Å². The predicted molar refractivity (Wildman–Crippen MR) is 62.6 cm³/mol. The molecule has 0 fully saturated rings. The van der Waals surface area contributed by atoms with Crippen molar-refractivity contribution in [2.45, 2.75) is 52.1 Å². The predicted octanol–water partition coefficient (Wildman–Crippen LogP) is 1.81. The number of carbonyl (C=O) groups excluding carboxylic acids is 1. The Morgan fingerprint density at radius 3 is 2.50 bits per heavy atom. The van der Waals surface area contributed by atoms with Crippen LogP contribution in [0.1, 0.15) is 44.6 Å². The summed E-state index contributed by atoms with van der Waals surface area (Å²) in [5.74, 6) is -0.627. The van der Waals surface area contributed by atoms with Crippen LogP contribution in [0.4, 0.5) is 8.78 Å². The number of halogens is 2. The van der Waals surface area contributed by atoms with Crippen LogP contribution in [0.25, 0.3) is 0 Å². The van der Waals surface area contributed by atoms with Crippen LogP contribution in [0.2, 0.25) is 0 Å². The number of rotatable bonds is 4. The van der Waals surface area contributed by atoms with Gasteiger partial charge in [0.25, 0.3) is 12.3 Å². The summed E-state index contributed by atoms with van der Waals surface area (Å²) < 4.78 is 26.5. The highest BCUT2D eigenvalue weighted by Crippen LogP contribution is 2.12. The Kier molecular flexibility index (Phi) is 4.37. The van der Waals surface area contributed by atoms with Crippen molar-refractivity contribution in [3.63, 3.8) is 0 Å². The van der Waals surface area contributed by atoms with E-state index in [2.05, 4.69) is 15.6 Å². The molecule has 0 saturated heterocycles. The zero-order valence-electron chi connectivity index (χ0n) is 10.9. The molecule has 1 aromatic heterocycles. The molecule has 0 saturated carbocycles. The monoisotopic (exact) mass is 260 g/mol. The van der Waals surface area contributed by atoms with Gasteiger partial charge in [-0.3, -0.25) is 4.79 Å². The molecular formula is C11H18F2N4O. The van der Waals surface area contributed by atoms with Crippen LogP contribution in [0.3, 0.4) is 0 Å². The first-order chi connectivity index (χ1) is 8.25. The SMILES string of the molecule is CCC(NC(=O)c1cn(C(C)(C)C)nn1)C(F)F. The van der Waals surface area contributed by atoms with Gasteiger partial charge in [-0.25, -0.2) is 13.5 Å². The molecule has 1 atom stereocenters. The van der Waals surface area contributed by atoms with E-state index in [1.807, 2.05) is 20.8 Å². The van der Waals surface area contributed by atoms with Crippen molar-refractivity contribution in [1.29, 1.82) is 0 Å². The summed E-state index contributed by atoms with van der Waals surface area (Å²) >= 11 is 0. The third-order valence-corrected chi connectivity index (χ3v) is 2.47. The zero-order chi connectivity index (χ0) is 13.9. The van der Waals surface area contributed by atoms with Gasteiger partial charge in [0.2, 0.25) is 0 Å². The molecule has 0 bridgehead atoms. The molecule has 0 radical (unpaired) electrons. The maximum Gasteiger partial charge on any atom is 0.273 e. The van der Waals surface area contributed by atoms with Crippen molar-refractivity contribution in [1.82, 2.24) is 20.3 Å². The van der Waals surface area contributed by atoms with Crippen LogP contribution < -0.4 is 5.32 Å². The van der Waals surface area contributed by atoms with Gasteiger partial charge < -0.3 is 5.32 Å². The molecule has 0 aliphatic carbocycles. The summed E-state index contributed by atoms with van der Waals surface area (Å²) in [5, 5.41) is 9.73. The summed E-state index contributed by atoms with van der Waals surface area (Å²) in [4.78, 5) is 11.7. The fraction of sp³-hybridized carbons (Fsp3) is 0.727. The van der Waals surface area contributed by atoms with Crippen LogP contribution >= 0.6 is 0 Å². The van der Waals surface area contributed by atoms with Crippen LogP contribution in [0.15, 0.2) is 6.20 Å². The molecule has 0 aliphatic rings. The van der Waals surface area contributed by atoms with Crippen LogP contribution in [0, 0.1) is 0 Å². The minimum atomic E-state index is -2.59. The van der Waals surface area contributed by atoms with Crippen LogP contribution in [0.5, 0.6) is 0 Å². The molecule has 5 nitrogen and oxygen atoms in total. The van der Waals surface area contributed by atoms with E-state index in [4.69, 9.17) is 0 Å². The van der Waals surface area contributed by atoms with E-state index in [1.54, 1.807) is 6.92 Å². The first-order valence-electron chi connectivity index (χ1n) is 5.77. The lowest BCUT2D eigenvalue weighted by Gasteiger charge is -2.17. The van der Waals surface area contributed by atoms with Crippen molar-refractivity contribution in [3.8, 4) is 0 Å². The first kappa shape index (κ1) is 14.5. The largest absolute Gasteiger partial charge is 0.342 e. The number of alkyl halides is 2. The summed E-state index contributed by atoms with van der Waals surface area (Å²) in [6, 6.07) is -1.16. The molecule has 102 valence electrons. The first-order valence-corrected chi connectivity index (χ1v) is 5.77. The van der Waals surface area contributed by atoms with E-state index < -0.39 is 18.4 Å². The molecular weight excluding hydrogens is 242 g/mol. The van der Waals surface area contributed by atoms with E-state index in [1.165, 1.54) is 10.9 Å². The van der Waals surface area contributed by atoms with Gasteiger partial charge in [0.1, 0.15) is 0 Å². The summed E-state index contributed by atoms with van der Waals surface area (Å²) in [6.07, 6.45) is -0.971. The normalized spacial score (nSPS) is 13.7. The number of nitrogens with one attached hydrogen (secondary N) is 1. The van der Waals surface area contributed by atoms with E-state index in [-0.39, 0.29) is 17.7 Å². The van der Waals surface area contributed by atoms with Gasteiger partial charge in [0, 0.05) is 0 Å². The fourth-order valence-electron chi connectivity index (χ4n) is 1.28. The highest BCUT2D eigenvalue weighted by Gasteiger charge is 2.23. The van der Waals surface area contributed by atoms with Gasteiger partial charge in [-0.15, -0.1) is 5.10 Å². The molecule has 1 amide bonds. The van der Waals surface area contributed by atoms with Crippen LogP contribution in [-0.2, 0) is 5.54 Å². The second-order valence-electron chi connectivity index (χ2n) is 5.04. The van der Waals surface area contributed by atoms with E-state index in [9.17, 15) is 13.6 Å². The second kappa shape index (κ2) is 5.41. The molecule has 0 aliphatic heterocycles. The number of amides is 1. The topological polar surface area (TPSA) is 59.8 Å². The molecule has 1 unspecified atom stereocenters. The number of carbonyl (C=O) groups is 1. The standard InChI is InChI=1S/C11H18F2N4O/c1-5-7(9(12)13)14-10(18)8-6-17(16-15-8)11(2,3)4/h6-7,9H,5H2,1-4H3,(H,14,18). The molecule has 1 N–H and O–H groups in total. The molecule has 1 rings (SSSR count). The highest BCUT2D eigenvalue weighted by atomic mass is 19.3. The molecule has 1 heterocycles. The number of hydrogen-bond donors (Lipinski definition) is 1. The molecule has 0 aromatic carbocycles. The van der Waals surface area contributed by atoms with Crippen molar-refractivity contribution in [2.24, 2.45) is 0 Å². The summed E-state index contributed by atoms with van der Waals surface area (Å²) in [5.41, 5.74) is -0.262. The second-order valence-corrected chi connectivity index (χ2v) is 5.04. The number of aromatic nitrogens is 3. The Labute approximate surface area is 105 Å². The van der Waals surface area contributed by atoms with Gasteiger partial charge in [0.15, 0.2) is 5.69 Å². The smallest absolute Gasteiger partial charge is 0.273 e. The number of nitrogens with zero attached hydrogens (tertiary/aromatic N) is 3. The Hall–Kier alpha value is -1.53. The van der Waals surface area contributed by atoms with E-state index >= 15 is 0 Å². The lowest BCUT2D eigenvalue weighted by molar-refractivity contribution is 0.0733. The van der Waals surface area contributed by atoms with Crippen molar-refractivity contribution in [2.75, 3.05) is 0 Å². The molecule has 18 heavy (non-hydrogen) atoms. The third-order valence-electron chi connectivity index (χ3n) is 2.47. The molecule has 1 aromatic rings. The third kappa shape index (κ3) is 3.48. The minimum absolute atomic E-state index is 0.0454. The maximum atomic E-state index is 12.5. The van der Waals surface area contributed by atoms with Gasteiger partial charge in [-0.2, -0.15) is 0 Å². The lowest BCUT2D eigenvalue weighted by atomic mass is 10.1. The fourth-order valence-corrected chi connectivity index (χ4v) is 1.28. The van der Waals surface area contributed by atoms with Crippen molar-refractivity contribution < 1.29 is 13.6 Å². The minimum Gasteiger partial charge on any atom is -0.342 e. The Bertz CT molecular complexity index is 411. The van der Waals surface area contributed by atoms with Crippen molar-refractivity contribution in [3.05, 3.63) is 11.9 Å². The van der Waals surface area contributed by atoms with Gasteiger partial charge in [-0.1, -0.05) is 12.1 Å². The number of hydrogen-bond acceptors (Lipinski definition) is 3. The average Bonchev–Trinajstić information content (AvgIpc) is 2.73. The Morgan fingerprint density at radius 2 is 2.11 bits per heavy atom. The summed E-state index contributed by atoms with van der Waals surface area (Å²) in [7, 11) is 0. The van der Waals surface area contributed by atoms with Gasteiger partial charge in [-0.05, 0) is 27.2 Å². The molecule has 7 heteroatoms. The Morgan fingerprint density at radius 1 is 1.50 bits per heavy atom. The zero-order valence-corrected chi connectivity index (χ0v) is 10.9. The quantitative estimate of drug-likeness (QED) is 0.898. The summed E-state index contributed by atoms with van der Waals surface area (Å²) in [6.45, 7) is 7.29. The van der Waals surface area contributed by atoms with Gasteiger partial charge in [0.05, 0.1) is 17.8 Å². The van der Waals surface area contributed by atoms with Gasteiger partial charge >= 0.3 is 0 Å². The average molecular weight is 260 g/mol. The van der Waals surface area contributed by atoms with E-state index in [0.717, 1.165) is 0 Å². The lowest BCUT2D eigenvalue weighted by Crippen LogP contribution is -2.39. The maximum absolute atomic E-state index is 12.5. The van der Waals surface area contributed by atoms with Crippen molar-refractivity contribution >= 4 is 5.91 Å². The van der Waals surface area contributed by atoms with E-state index in [0.29, 0.717) is 0 Å². The molecule has 0 spiro atoms. The highest BCUT2D eigenvalue weighted by molar-refractivity contribution is 5.92. The Balaban J connectivity index is 2.76.